The number of amides is 1. The minimum atomic E-state index is -3.73. The fourth-order valence-corrected chi connectivity index (χ4v) is 4.24. The van der Waals surface area contributed by atoms with E-state index in [1.807, 2.05) is 25.1 Å². The van der Waals surface area contributed by atoms with Gasteiger partial charge in [-0.1, -0.05) is 43.7 Å². The van der Waals surface area contributed by atoms with Gasteiger partial charge in [-0.15, -0.1) is 0 Å². The van der Waals surface area contributed by atoms with Crippen molar-refractivity contribution in [1.82, 2.24) is 10.0 Å². The molecule has 0 radical (unpaired) electrons. The number of methoxy groups -OCH3 is 1. The van der Waals surface area contributed by atoms with Crippen molar-refractivity contribution >= 4 is 31.9 Å². The number of halogens is 1. The molecule has 0 aromatic heterocycles. The van der Waals surface area contributed by atoms with E-state index >= 15 is 0 Å². The zero-order valence-corrected chi connectivity index (χ0v) is 19.5. The van der Waals surface area contributed by atoms with E-state index in [1.54, 1.807) is 6.07 Å². The molecule has 0 bridgehead atoms. The molecule has 2 N–H and O–H groups in total. The predicted molar refractivity (Wildman–Crippen MR) is 118 cm³/mol. The van der Waals surface area contributed by atoms with Crippen molar-refractivity contribution in [3.63, 3.8) is 0 Å². The number of sulfonamides is 1. The first-order valence-electron chi connectivity index (χ1n) is 9.20. The summed E-state index contributed by atoms with van der Waals surface area (Å²) in [6, 6.07) is 12.5. The molecule has 8 heteroatoms. The van der Waals surface area contributed by atoms with Crippen LogP contribution in [0.15, 0.2) is 51.8 Å². The van der Waals surface area contributed by atoms with Crippen molar-refractivity contribution in [2.75, 3.05) is 26.8 Å². The molecule has 0 saturated heterocycles. The minimum absolute atomic E-state index is 0.0277. The van der Waals surface area contributed by atoms with Crippen LogP contribution in [0.2, 0.25) is 0 Å². The SMILES string of the molecule is COCCNS(=O)(=O)c1ccc(Br)c(C(=O)NCC(C)(C)c2cccc(C)c2)c1. The summed E-state index contributed by atoms with van der Waals surface area (Å²) < 4.78 is 32.7. The summed E-state index contributed by atoms with van der Waals surface area (Å²) >= 11 is 3.34. The lowest BCUT2D eigenvalue weighted by Gasteiger charge is -2.26. The first-order chi connectivity index (χ1) is 13.6. The summed E-state index contributed by atoms with van der Waals surface area (Å²) in [5, 5.41) is 2.92. The molecule has 0 unspecified atom stereocenters. The zero-order valence-electron chi connectivity index (χ0n) is 17.1. The molecule has 0 aliphatic carbocycles. The van der Waals surface area contributed by atoms with Crippen molar-refractivity contribution in [3.05, 3.63) is 63.6 Å². The normalized spacial score (nSPS) is 12.0. The highest BCUT2D eigenvalue weighted by atomic mass is 79.9. The molecule has 0 spiro atoms. The second-order valence-corrected chi connectivity index (χ2v) is 10.1. The molecule has 0 aliphatic rings. The van der Waals surface area contributed by atoms with Gasteiger partial charge in [-0.2, -0.15) is 0 Å². The Morgan fingerprint density at radius 3 is 2.55 bits per heavy atom. The van der Waals surface area contributed by atoms with Crippen LogP contribution in [0.4, 0.5) is 0 Å². The standard InChI is InChI=1S/C21H27BrN2O4S/c1-15-6-5-7-16(12-15)21(2,3)14-23-20(25)18-13-17(8-9-19(18)22)29(26,27)24-10-11-28-4/h5-9,12-13,24H,10-11,14H2,1-4H3,(H,23,25). The van der Waals surface area contributed by atoms with Crippen LogP contribution in [0.25, 0.3) is 0 Å². The maximum absolute atomic E-state index is 12.8. The van der Waals surface area contributed by atoms with E-state index in [-0.39, 0.29) is 34.9 Å². The van der Waals surface area contributed by atoms with Crippen LogP contribution in [-0.2, 0) is 20.2 Å². The average Bonchev–Trinajstić information content (AvgIpc) is 2.66. The summed E-state index contributed by atoms with van der Waals surface area (Å²) in [5.74, 6) is -0.341. The van der Waals surface area contributed by atoms with E-state index in [1.165, 1.54) is 19.2 Å². The molecule has 2 rings (SSSR count). The zero-order chi connectivity index (χ0) is 21.7. The highest BCUT2D eigenvalue weighted by molar-refractivity contribution is 9.10. The van der Waals surface area contributed by atoms with Crippen LogP contribution < -0.4 is 10.0 Å². The molecule has 2 aromatic carbocycles. The lowest BCUT2D eigenvalue weighted by molar-refractivity contribution is 0.0944. The van der Waals surface area contributed by atoms with E-state index < -0.39 is 10.0 Å². The van der Waals surface area contributed by atoms with E-state index in [0.29, 0.717) is 11.0 Å². The van der Waals surface area contributed by atoms with Crippen molar-refractivity contribution in [2.45, 2.75) is 31.1 Å². The topological polar surface area (TPSA) is 84.5 Å². The second kappa shape index (κ2) is 9.84. The molecule has 0 fully saturated rings. The number of carbonyl (C=O) groups is 1. The Hall–Kier alpha value is -1.74. The van der Waals surface area contributed by atoms with Gasteiger partial charge in [-0.3, -0.25) is 4.79 Å². The van der Waals surface area contributed by atoms with Gasteiger partial charge in [0.05, 0.1) is 17.1 Å². The quantitative estimate of drug-likeness (QED) is 0.536. The van der Waals surface area contributed by atoms with E-state index in [0.717, 1.165) is 11.1 Å². The fraction of sp³-hybridized carbons (Fsp3) is 0.381. The summed E-state index contributed by atoms with van der Waals surface area (Å²) in [7, 11) is -2.23. The molecule has 1 amide bonds. The number of hydrogen-bond acceptors (Lipinski definition) is 4. The molecule has 0 atom stereocenters. The van der Waals surface area contributed by atoms with Gasteiger partial charge in [-0.05, 0) is 46.6 Å². The Morgan fingerprint density at radius 1 is 1.17 bits per heavy atom. The number of hydrogen-bond donors (Lipinski definition) is 2. The third-order valence-corrected chi connectivity index (χ3v) is 6.73. The van der Waals surface area contributed by atoms with Crippen LogP contribution in [0.5, 0.6) is 0 Å². The predicted octanol–water partition coefficient (Wildman–Crippen LogP) is 3.39. The van der Waals surface area contributed by atoms with Gasteiger partial charge in [-0.25, -0.2) is 13.1 Å². The number of nitrogens with one attached hydrogen (secondary N) is 2. The highest BCUT2D eigenvalue weighted by Gasteiger charge is 2.23. The first-order valence-corrected chi connectivity index (χ1v) is 11.5. The Kier molecular flexibility index (Phi) is 7.99. The second-order valence-electron chi connectivity index (χ2n) is 7.47. The molecule has 2 aromatic rings. The Labute approximate surface area is 181 Å². The maximum Gasteiger partial charge on any atom is 0.252 e. The van der Waals surface area contributed by atoms with Gasteiger partial charge in [0.25, 0.3) is 5.91 Å². The largest absolute Gasteiger partial charge is 0.383 e. The molecule has 158 valence electrons. The minimum Gasteiger partial charge on any atom is -0.383 e. The van der Waals surface area contributed by atoms with Crippen molar-refractivity contribution in [1.29, 1.82) is 0 Å². The van der Waals surface area contributed by atoms with Crippen LogP contribution in [0.1, 0.15) is 35.3 Å². The van der Waals surface area contributed by atoms with Gasteiger partial charge in [0, 0.05) is 30.1 Å². The lowest BCUT2D eigenvalue weighted by atomic mass is 9.84. The Morgan fingerprint density at radius 2 is 1.90 bits per heavy atom. The molecule has 29 heavy (non-hydrogen) atoms. The molecule has 0 saturated carbocycles. The van der Waals surface area contributed by atoms with Crippen LogP contribution in [0.3, 0.4) is 0 Å². The van der Waals surface area contributed by atoms with E-state index in [9.17, 15) is 13.2 Å². The van der Waals surface area contributed by atoms with Crippen LogP contribution in [-0.4, -0.2) is 41.1 Å². The van der Waals surface area contributed by atoms with Crippen LogP contribution >= 0.6 is 15.9 Å². The number of carbonyl (C=O) groups excluding carboxylic acids is 1. The van der Waals surface area contributed by atoms with Gasteiger partial charge in [0.15, 0.2) is 0 Å². The van der Waals surface area contributed by atoms with Crippen molar-refractivity contribution in [3.8, 4) is 0 Å². The van der Waals surface area contributed by atoms with E-state index in [2.05, 4.69) is 45.9 Å². The number of aryl methyl sites for hydroxylation is 1. The molecule has 0 aliphatic heterocycles. The first kappa shape index (κ1) is 23.5. The summed E-state index contributed by atoms with van der Waals surface area (Å²) in [4.78, 5) is 12.8. The summed E-state index contributed by atoms with van der Waals surface area (Å²) in [5.41, 5.74) is 2.26. The summed E-state index contributed by atoms with van der Waals surface area (Å²) in [6.07, 6.45) is 0. The van der Waals surface area contributed by atoms with Gasteiger partial charge in [0.2, 0.25) is 10.0 Å². The van der Waals surface area contributed by atoms with Gasteiger partial charge >= 0.3 is 0 Å². The van der Waals surface area contributed by atoms with Gasteiger partial charge < -0.3 is 10.1 Å². The van der Waals surface area contributed by atoms with Gasteiger partial charge in [0.1, 0.15) is 0 Å². The smallest absolute Gasteiger partial charge is 0.252 e. The summed E-state index contributed by atoms with van der Waals surface area (Å²) in [6.45, 7) is 6.96. The average molecular weight is 483 g/mol. The molecular formula is C21H27BrN2O4S. The Bertz CT molecular complexity index is 974. The number of benzene rings is 2. The van der Waals surface area contributed by atoms with Crippen molar-refractivity contribution in [2.24, 2.45) is 0 Å². The third-order valence-electron chi connectivity index (χ3n) is 4.58. The van der Waals surface area contributed by atoms with Crippen molar-refractivity contribution < 1.29 is 17.9 Å². The fourth-order valence-electron chi connectivity index (χ4n) is 2.77. The number of rotatable bonds is 9. The van der Waals surface area contributed by atoms with E-state index in [4.69, 9.17) is 4.74 Å². The Balaban J connectivity index is 2.16. The molecular weight excluding hydrogens is 456 g/mol. The monoisotopic (exact) mass is 482 g/mol. The molecule has 6 nitrogen and oxygen atoms in total. The maximum atomic E-state index is 12.8. The highest BCUT2D eigenvalue weighted by Crippen LogP contribution is 2.24. The number of ether oxygens (including phenoxy) is 1. The lowest BCUT2D eigenvalue weighted by Crippen LogP contribution is -2.37. The van der Waals surface area contributed by atoms with Crippen LogP contribution in [0, 0.1) is 6.92 Å². The molecule has 0 heterocycles. The third kappa shape index (κ3) is 6.37.